The van der Waals surface area contributed by atoms with E-state index in [1.165, 1.54) is 44.3 Å². The molecule has 2 saturated heterocycles. The summed E-state index contributed by atoms with van der Waals surface area (Å²) in [5.41, 5.74) is 1.76. The van der Waals surface area contributed by atoms with Gasteiger partial charge in [-0.05, 0) is 55.7 Å². The predicted octanol–water partition coefficient (Wildman–Crippen LogP) is 3.96. The first-order valence-electron chi connectivity index (χ1n) is 11.6. The number of pyridine rings is 1. The Balaban J connectivity index is 0.000000286. The van der Waals surface area contributed by atoms with Gasteiger partial charge in [0.15, 0.2) is 0 Å². The molecule has 0 unspecified atom stereocenters. The Bertz CT molecular complexity index is 890. The normalized spacial score (nSPS) is 19.7. The maximum absolute atomic E-state index is 12.4. The zero-order chi connectivity index (χ0) is 27.9. The van der Waals surface area contributed by atoms with Crippen LogP contribution < -0.4 is 0 Å². The van der Waals surface area contributed by atoms with Gasteiger partial charge < -0.3 is 15.1 Å². The first-order valence-corrected chi connectivity index (χ1v) is 11.6. The lowest BCUT2D eigenvalue weighted by molar-refractivity contribution is -0.193. The topological polar surface area (TPSA) is 111 Å². The van der Waals surface area contributed by atoms with Gasteiger partial charge in [-0.15, -0.1) is 0 Å². The third-order valence-electron chi connectivity index (χ3n) is 6.72. The number of carboxylic acid groups (broad SMARTS) is 2. The fraction of sp³-hybridized carbons (Fsp3) is 0.652. The highest BCUT2D eigenvalue weighted by Crippen LogP contribution is 2.41. The maximum atomic E-state index is 12.4. The molecule has 37 heavy (non-hydrogen) atoms. The van der Waals surface area contributed by atoms with Gasteiger partial charge >= 0.3 is 24.3 Å². The second-order valence-corrected chi connectivity index (χ2v) is 9.38. The van der Waals surface area contributed by atoms with Crippen LogP contribution in [-0.4, -0.2) is 81.4 Å². The van der Waals surface area contributed by atoms with E-state index in [9.17, 15) is 31.1 Å². The van der Waals surface area contributed by atoms with Crippen LogP contribution in [0.25, 0.3) is 0 Å². The SMILES string of the molecule is O=C(C1CCC1)N1CCC2(CCN(Cc3cccnc3)C2)CC1.O=C(O)C(F)(F)F.O=C(O)C(F)(F)F. The highest BCUT2D eigenvalue weighted by atomic mass is 19.4. The van der Waals surface area contributed by atoms with E-state index in [4.69, 9.17) is 19.8 Å². The molecule has 3 aliphatic rings. The van der Waals surface area contributed by atoms with Crippen molar-refractivity contribution in [3.63, 3.8) is 0 Å². The Morgan fingerprint density at radius 3 is 1.86 bits per heavy atom. The molecule has 3 fully saturated rings. The third kappa shape index (κ3) is 9.48. The van der Waals surface area contributed by atoms with Crippen molar-refractivity contribution in [2.45, 2.75) is 57.4 Å². The molecule has 14 heteroatoms. The molecule has 0 atom stereocenters. The molecular formula is C23H29F6N3O5. The molecule has 8 nitrogen and oxygen atoms in total. The lowest BCUT2D eigenvalue weighted by Gasteiger charge is -2.41. The summed E-state index contributed by atoms with van der Waals surface area (Å²) in [5, 5.41) is 14.2. The second kappa shape index (κ2) is 12.6. The van der Waals surface area contributed by atoms with Crippen LogP contribution in [0.1, 0.15) is 44.1 Å². The number of carbonyl (C=O) groups excluding carboxylic acids is 1. The average Bonchev–Trinajstić information content (AvgIpc) is 3.15. The van der Waals surface area contributed by atoms with Gasteiger partial charge in [-0.1, -0.05) is 12.5 Å². The molecule has 1 amide bonds. The van der Waals surface area contributed by atoms with Crippen molar-refractivity contribution in [3.05, 3.63) is 30.1 Å². The molecule has 208 valence electrons. The first-order chi connectivity index (χ1) is 17.1. The van der Waals surface area contributed by atoms with E-state index in [0.717, 1.165) is 32.5 Å². The lowest BCUT2D eigenvalue weighted by atomic mass is 9.77. The summed E-state index contributed by atoms with van der Waals surface area (Å²) in [7, 11) is 0. The maximum Gasteiger partial charge on any atom is 0.490 e. The van der Waals surface area contributed by atoms with Crippen molar-refractivity contribution in [2.75, 3.05) is 26.2 Å². The highest BCUT2D eigenvalue weighted by molar-refractivity contribution is 5.79. The van der Waals surface area contributed by atoms with Crippen molar-refractivity contribution in [1.29, 1.82) is 0 Å². The molecule has 0 radical (unpaired) electrons. The largest absolute Gasteiger partial charge is 0.490 e. The zero-order valence-corrected chi connectivity index (χ0v) is 19.9. The van der Waals surface area contributed by atoms with Crippen LogP contribution in [0, 0.1) is 11.3 Å². The summed E-state index contributed by atoms with van der Waals surface area (Å²) in [6.45, 7) is 5.35. The summed E-state index contributed by atoms with van der Waals surface area (Å²) in [6, 6.07) is 4.18. The number of halogens is 6. The molecule has 0 aromatic carbocycles. The highest BCUT2D eigenvalue weighted by Gasteiger charge is 2.42. The number of alkyl halides is 6. The molecule has 1 aliphatic carbocycles. The van der Waals surface area contributed by atoms with Crippen molar-refractivity contribution < 1.29 is 50.9 Å². The van der Waals surface area contributed by atoms with Gasteiger partial charge in [0.1, 0.15) is 0 Å². The van der Waals surface area contributed by atoms with Crippen molar-refractivity contribution in [1.82, 2.24) is 14.8 Å². The quantitative estimate of drug-likeness (QED) is 0.558. The predicted molar refractivity (Wildman–Crippen MR) is 117 cm³/mol. The smallest absolute Gasteiger partial charge is 0.475 e. The molecule has 1 aromatic rings. The minimum atomic E-state index is -5.08. The molecule has 0 bridgehead atoms. The van der Waals surface area contributed by atoms with E-state index in [1.54, 1.807) is 0 Å². The van der Waals surface area contributed by atoms with Crippen molar-refractivity contribution in [2.24, 2.45) is 11.3 Å². The molecule has 3 heterocycles. The number of piperidine rings is 1. The molecule has 1 saturated carbocycles. The van der Waals surface area contributed by atoms with E-state index in [2.05, 4.69) is 20.9 Å². The molecule has 2 aliphatic heterocycles. The Morgan fingerprint density at radius 1 is 0.946 bits per heavy atom. The van der Waals surface area contributed by atoms with Crippen molar-refractivity contribution >= 4 is 17.8 Å². The minimum absolute atomic E-state index is 0.356. The van der Waals surface area contributed by atoms with Gasteiger partial charge in [0, 0.05) is 44.5 Å². The lowest BCUT2D eigenvalue weighted by Crippen LogP contribution is -2.47. The number of nitrogens with zero attached hydrogens (tertiary/aromatic N) is 3. The molecule has 1 aromatic heterocycles. The van der Waals surface area contributed by atoms with Crippen molar-refractivity contribution in [3.8, 4) is 0 Å². The van der Waals surface area contributed by atoms with E-state index in [-0.39, 0.29) is 0 Å². The zero-order valence-electron chi connectivity index (χ0n) is 19.9. The molecular weight excluding hydrogens is 512 g/mol. The van der Waals surface area contributed by atoms with Crippen LogP contribution in [-0.2, 0) is 20.9 Å². The number of likely N-dealkylation sites (tertiary alicyclic amines) is 2. The molecule has 1 spiro atoms. The number of hydrogen-bond donors (Lipinski definition) is 2. The van der Waals surface area contributed by atoms with Crippen LogP contribution in [0.2, 0.25) is 0 Å². The summed E-state index contributed by atoms with van der Waals surface area (Å²) in [4.78, 5) is 39.1. The number of aromatic nitrogens is 1. The fourth-order valence-electron chi connectivity index (χ4n) is 4.44. The van der Waals surface area contributed by atoms with Crippen LogP contribution in [0.3, 0.4) is 0 Å². The summed E-state index contributed by atoms with van der Waals surface area (Å²) < 4.78 is 63.5. The molecule has 2 N–H and O–H groups in total. The first kappa shape index (κ1) is 30.3. The van der Waals surface area contributed by atoms with Gasteiger partial charge in [0.2, 0.25) is 5.91 Å². The van der Waals surface area contributed by atoms with Gasteiger partial charge in [0.05, 0.1) is 0 Å². The Morgan fingerprint density at radius 2 is 1.46 bits per heavy atom. The second-order valence-electron chi connectivity index (χ2n) is 9.38. The summed E-state index contributed by atoms with van der Waals surface area (Å²) in [6.07, 6.45) is 0.813. The number of aliphatic carboxylic acids is 2. The Labute approximate surface area is 209 Å². The monoisotopic (exact) mass is 541 g/mol. The third-order valence-corrected chi connectivity index (χ3v) is 6.72. The van der Waals surface area contributed by atoms with Gasteiger partial charge in [-0.3, -0.25) is 14.7 Å². The van der Waals surface area contributed by atoms with E-state index in [0.29, 0.717) is 17.2 Å². The number of hydrogen-bond acceptors (Lipinski definition) is 5. The number of rotatable bonds is 3. The van der Waals surface area contributed by atoms with Gasteiger partial charge in [0.25, 0.3) is 0 Å². The average molecular weight is 541 g/mol. The number of carboxylic acids is 2. The standard InChI is InChI=1S/C19H27N3O.2C2HF3O2/c23-18(17-4-1-5-17)22-11-7-19(8-12-22)6-10-21(15-19)14-16-3-2-9-20-13-16;2*3-2(4,5)1(6)7/h2-3,9,13,17H,1,4-8,10-12,14-15H2;2*(H,6,7). The van der Waals surface area contributed by atoms with Gasteiger partial charge in [-0.25, -0.2) is 9.59 Å². The Kier molecular flexibility index (Phi) is 10.3. The van der Waals surface area contributed by atoms with E-state index < -0.39 is 24.3 Å². The van der Waals surface area contributed by atoms with E-state index >= 15 is 0 Å². The number of amides is 1. The van der Waals surface area contributed by atoms with Crippen LogP contribution >= 0.6 is 0 Å². The van der Waals surface area contributed by atoms with Crippen LogP contribution in [0.15, 0.2) is 24.5 Å². The summed E-state index contributed by atoms with van der Waals surface area (Å²) in [5.74, 6) is -4.72. The summed E-state index contributed by atoms with van der Waals surface area (Å²) >= 11 is 0. The minimum Gasteiger partial charge on any atom is -0.475 e. The van der Waals surface area contributed by atoms with Crippen LogP contribution in [0.5, 0.6) is 0 Å². The fourth-order valence-corrected chi connectivity index (χ4v) is 4.44. The van der Waals surface area contributed by atoms with E-state index in [1.807, 2.05) is 18.5 Å². The van der Waals surface area contributed by atoms with Gasteiger partial charge in [-0.2, -0.15) is 26.3 Å². The number of carbonyl (C=O) groups is 3. The molecule has 4 rings (SSSR count). The Hall–Kier alpha value is -2.90. The van der Waals surface area contributed by atoms with Crippen LogP contribution in [0.4, 0.5) is 26.3 Å².